The molecule has 1 amide bonds. The molecular formula is C28H24N2O5S. The Morgan fingerprint density at radius 1 is 1.00 bits per heavy atom. The number of carbonyl (C=O) groups excluding carboxylic acids is 2. The van der Waals surface area contributed by atoms with Crippen LogP contribution in [-0.2, 0) is 4.79 Å². The molecule has 1 unspecified atom stereocenters. The minimum atomic E-state index is -0.882. The molecule has 0 radical (unpaired) electrons. The third-order valence-electron chi connectivity index (χ3n) is 6.22. The average molecular weight is 501 g/mol. The van der Waals surface area contributed by atoms with Gasteiger partial charge in [-0.05, 0) is 42.5 Å². The molecule has 3 aromatic rings. The van der Waals surface area contributed by atoms with Gasteiger partial charge in [0.25, 0.3) is 5.91 Å². The molecule has 2 aliphatic rings. The van der Waals surface area contributed by atoms with Crippen LogP contribution in [0.4, 0.5) is 5.69 Å². The Bertz CT molecular complexity index is 1380. The van der Waals surface area contributed by atoms with Crippen LogP contribution in [0.3, 0.4) is 0 Å². The maximum atomic E-state index is 13.7. The zero-order chi connectivity index (χ0) is 25.2. The lowest BCUT2D eigenvalue weighted by molar-refractivity contribution is -0.117. The van der Waals surface area contributed by atoms with Crippen LogP contribution in [-0.4, -0.2) is 48.4 Å². The van der Waals surface area contributed by atoms with E-state index in [2.05, 4.69) is 4.99 Å². The van der Waals surface area contributed by atoms with E-state index in [9.17, 15) is 14.7 Å². The molecule has 36 heavy (non-hydrogen) atoms. The van der Waals surface area contributed by atoms with Gasteiger partial charge in [0.1, 0.15) is 11.5 Å². The molecular weight excluding hydrogens is 476 g/mol. The second kappa shape index (κ2) is 9.91. The van der Waals surface area contributed by atoms with Crippen LogP contribution in [0.25, 0.3) is 0 Å². The molecule has 2 heterocycles. The summed E-state index contributed by atoms with van der Waals surface area (Å²) in [7, 11) is 3.07. The van der Waals surface area contributed by atoms with Crippen LogP contribution < -0.4 is 14.4 Å². The third kappa shape index (κ3) is 4.13. The highest BCUT2D eigenvalue weighted by Crippen LogP contribution is 2.44. The second-order valence-corrected chi connectivity index (χ2v) is 9.31. The molecule has 2 aliphatic heterocycles. The van der Waals surface area contributed by atoms with Gasteiger partial charge in [-0.25, -0.2) is 0 Å². The summed E-state index contributed by atoms with van der Waals surface area (Å²) in [5, 5.41) is 12.0. The Morgan fingerprint density at radius 2 is 1.72 bits per heavy atom. The van der Waals surface area contributed by atoms with Gasteiger partial charge in [0, 0.05) is 34.7 Å². The molecule has 0 aliphatic carbocycles. The van der Waals surface area contributed by atoms with E-state index in [4.69, 9.17) is 9.47 Å². The molecule has 1 N–H and O–H groups in total. The van der Waals surface area contributed by atoms with Crippen molar-refractivity contribution in [2.45, 2.75) is 6.04 Å². The van der Waals surface area contributed by atoms with Crippen molar-refractivity contribution in [2.24, 2.45) is 4.99 Å². The van der Waals surface area contributed by atoms with Crippen LogP contribution in [0.15, 0.2) is 89.1 Å². The normalized spacial score (nSPS) is 17.4. The lowest BCUT2D eigenvalue weighted by atomic mass is 9.92. The summed E-state index contributed by atoms with van der Waals surface area (Å²) in [5.41, 5.74) is 2.43. The SMILES string of the molecule is COc1ccc(C(=O)C2=C(O)C(=O)N(c3ccc(C4=NCCS4)cc3)C2c2ccccc2OC)cc1. The predicted molar refractivity (Wildman–Crippen MR) is 141 cm³/mol. The second-order valence-electron chi connectivity index (χ2n) is 8.22. The largest absolute Gasteiger partial charge is 0.503 e. The van der Waals surface area contributed by atoms with Crippen molar-refractivity contribution in [2.75, 3.05) is 31.4 Å². The van der Waals surface area contributed by atoms with E-state index >= 15 is 0 Å². The van der Waals surface area contributed by atoms with E-state index in [0.717, 1.165) is 22.9 Å². The number of aliphatic imine (C=N–C) groups is 1. The number of ether oxygens (including phenoxy) is 2. The van der Waals surface area contributed by atoms with Crippen molar-refractivity contribution >= 4 is 34.2 Å². The highest BCUT2D eigenvalue weighted by atomic mass is 32.2. The first kappa shape index (κ1) is 23.7. The first-order chi connectivity index (χ1) is 17.5. The third-order valence-corrected chi connectivity index (χ3v) is 7.24. The number of ketones is 1. The lowest BCUT2D eigenvalue weighted by Gasteiger charge is -2.28. The van der Waals surface area contributed by atoms with Crippen molar-refractivity contribution in [3.8, 4) is 11.5 Å². The fourth-order valence-electron chi connectivity index (χ4n) is 4.46. The number of methoxy groups -OCH3 is 2. The van der Waals surface area contributed by atoms with Gasteiger partial charge in [0.2, 0.25) is 0 Å². The smallest absolute Gasteiger partial charge is 0.294 e. The maximum Gasteiger partial charge on any atom is 0.294 e. The quantitative estimate of drug-likeness (QED) is 0.461. The number of thioether (sulfide) groups is 1. The number of para-hydroxylation sites is 1. The number of rotatable bonds is 7. The summed E-state index contributed by atoms with van der Waals surface area (Å²) in [6, 6.07) is 20.3. The summed E-state index contributed by atoms with van der Waals surface area (Å²) >= 11 is 1.69. The molecule has 0 spiro atoms. The summed E-state index contributed by atoms with van der Waals surface area (Å²) in [6.07, 6.45) is 0. The number of nitrogens with zero attached hydrogens (tertiary/aromatic N) is 2. The number of amides is 1. The van der Waals surface area contributed by atoms with Gasteiger partial charge in [-0.15, -0.1) is 11.8 Å². The lowest BCUT2D eigenvalue weighted by Crippen LogP contribution is -2.31. The molecule has 182 valence electrons. The summed E-state index contributed by atoms with van der Waals surface area (Å²) in [5.74, 6) is 0.375. The molecule has 8 heteroatoms. The molecule has 0 fully saturated rings. The molecule has 1 atom stereocenters. The molecule has 7 nitrogen and oxygen atoms in total. The van der Waals surface area contributed by atoms with E-state index in [1.807, 2.05) is 36.4 Å². The first-order valence-corrected chi connectivity index (χ1v) is 12.4. The number of carbonyl (C=O) groups is 2. The average Bonchev–Trinajstić information content (AvgIpc) is 3.55. The van der Waals surface area contributed by atoms with Crippen LogP contribution in [0.5, 0.6) is 11.5 Å². The molecule has 5 rings (SSSR count). The number of aliphatic hydroxyl groups excluding tert-OH is 1. The van der Waals surface area contributed by atoms with Gasteiger partial charge in [0.05, 0.1) is 30.9 Å². The Morgan fingerprint density at radius 3 is 2.36 bits per heavy atom. The minimum absolute atomic E-state index is 0.00512. The Hall–Kier alpha value is -4.04. The minimum Gasteiger partial charge on any atom is -0.503 e. The van der Waals surface area contributed by atoms with Gasteiger partial charge in [0.15, 0.2) is 11.5 Å². The summed E-state index contributed by atoms with van der Waals surface area (Å²) in [6.45, 7) is 0.789. The number of anilines is 1. The molecule has 0 saturated carbocycles. The standard InChI is InChI=1S/C28H24N2O5S/c1-34-20-13-9-17(10-14-20)25(31)23-24(21-5-3-4-6-22(21)35-2)30(28(33)26(23)32)19-11-7-18(8-12-19)27-29-15-16-36-27/h3-14,24,32H,15-16H2,1-2H3. The summed E-state index contributed by atoms with van der Waals surface area (Å²) < 4.78 is 10.8. The highest BCUT2D eigenvalue weighted by molar-refractivity contribution is 8.14. The first-order valence-electron chi connectivity index (χ1n) is 11.4. The van der Waals surface area contributed by atoms with E-state index in [1.165, 1.54) is 12.0 Å². The van der Waals surface area contributed by atoms with Crippen LogP contribution in [0.1, 0.15) is 27.5 Å². The van der Waals surface area contributed by atoms with Gasteiger partial charge >= 0.3 is 0 Å². The van der Waals surface area contributed by atoms with Crippen LogP contribution >= 0.6 is 11.8 Å². The van der Waals surface area contributed by atoms with E-state index < -0.39 is 23.5 Å². The monoisotopic (exact) mass is 500 g/mol. The number of hydrogen-bond donors (Lipinski definition) is 1. The van der Waals surface area contributed by atoms with Crippen molar-refractivity contribution < 1.29 is 24.2 Å². The molecule has 0 bridgehead atoms. The van der Waals surface area contributed by atoms with Crippen molar-refractivity contribution in [1.29, 1.82) is 0 Å². The highest BCUT2D eigenvalue weighted by Gasteiger charge is 2.45. The zero-order valence-corrected chi connectivity index (χ0v) is 20.6. The van der Waals surface area contributed by atoms with Gasteiger partial charge in [-0.3, -0.25) is 19.5 Å². The molecule has 0 saturated heterocycles. The Balaban J connectivity index is 1.61. The number of hydrogen-bond acceptors (Lipinski definition) is 7. The van der Waals surface area contributed by atoms with Crippen molar-refractivity contribution in [3.63, 3.8) is 0 Å². The van der Waals surface area contributed by atoms with Gasteiger partial charge in [-0.2, -0.15) is 0 Å². The van der Waals surface area contributed by atoms with Crippen LogP contribution in [0.2, 0.25) is 0 Å². The maximum absolute atomic E-state index is 13.7. The number of benzene rings is 3. The topological polar surface area (TPSA) is 88.4 Å². The van der Waals surface area contributed by atoms with Crippen molar-refractivity contribution in [1.82, 2.24) is 0 Å². The Kier molecular flexibility index (Phi) is 6.52. The molecule has 3 aromatic carbocycles. The van der Waals surface area contributed by atoms with Gasteiger partial charge < -0.3 is 14.6 Å². The fourth-order valence-corrected chi connectivity index (χ4v) is 5.32. The van der Waals surface area contributed by atoms with Crippen molar-refractivity contribution in [3.05, 3.63) is 101 Å². The zero-order valence-electron chi connectivity index (χ0n) is 19.8. The summed E-state index contributed by atoms with van der Waals surface area (Å²) in [4.78, 5) is 33.1. The van der Waals surface area contributed by atoms with E-state index in [1.54, 1.807) is 55.3 Å². The predicted octanol–water partition coefficient (Wildman–Crippen LogP) is 4.98. The Labute approximate surface area is 213 Å². The van der Waals surface area contributed by atoms with Crippen LogP contribution in [0, 0.1) is 0 Å². The fraction of sp³-hybridized carbons (Fsp3) is 0.179. The van der Waals surface area contributed by atoms with E-state index in [-0.39, 0.29) is 5.57 Å². The van der Waals surface area contributed by atoms with Gasteiger partial charge in [-0.1, -0.05) is 30.3 Å². The van der Waals surface area contributed by atoms with E-state index in [0.29, 0.717) is 28.3 Å². The number of Topliss-reactive ketones (excluding diaryl/α,β-unsaturated/α-hetero) is 1. The molecule has 0 aromatic heterocycles. The number of aliphatic hydroxyl groups is 1.